The Morgan fingerprint density at radius 3 is 2.88 bits per heavy atom. The van der Waals surface area contributed by atoms with Crippen LogP contribution >= 0.6 is 15.9 Å². The second-order valence-electron chi connectivity index (χ2n) is 3.74. The first-order valence-electron chi connectivity index (χ1n) is 4.86. The predicted molar refractivity (Wildman–Crippen MR) is 65.2 cm³/mol. The second-order valence-corrected chi connectivity index (χ2v) is 4.66. The third-order valence-corrected chi connectivity index (χ3v) is 2.67. The minimum atomic E-state index is -1.70. The number of anilines is 1. The Balaban J connectivity index is 2.73. The van der Waals surface area contributed by atoms with Gasteiger partial charge in [-0.05, 0) is 25.1 Å². The molecule has 2 N–H and O–H groups in total. The molecule has 1 atom stereocenters. The lowest BCUT2D eigenvalue weighted by Gasteiger charge is -2.21. The summed E-state index contributed by atoms with van der Waals surface area (Å²) in [5, 5.41) is 12.4. The zero-order valence-corrected chi connectivity index (χ0v) is 11.0. The van der Waals surface area contributed by atoms with Gasteiger partial charge in [-0.3, -0.25) is 0 Å². The molecule has 0 heterocycles. The Hall–Kier alpha value is -1.14. The van der Waals surface area contributed by atoms with Crippen molar-refractivity contribution in [3.63, 3.8) is 0 Å². The number of benzene rings is 1. The molecule has 1 aromatic rings. The summed E-state index contributed by atoms with van der Waals surface area (Å²) in [5.74, 6) is -1.24. The maximum absolute atomic E-state index is 13.3. The van der Waals surface area contributed by atoms with Crippen LogP contribution in [0.3, 0.4) is 0 Å². The molecular weight excluding hydrogens is 293 g/mol. The summed E-state index contributed by atoms with van der Waals surface area (Å²) < 4.78 is 18.5. The van der Waals surface area contributed by atoms with Crippen LogP contribution in [0.1, 0.15) is 6.92 Å². The van der Waals surface area contributed by atoms with Crippen molar-refractivity contribution in [2.24, 2.45) is 0 Å². The molecule has 0 aliphatic rings. The van der Waals surface area contributed by atoms with Gasteiger partial charge in [0.25, 0.3) is 0 Å². The Morgan fingerprint density at radius 1 is 1.65 bits per heavy atom. The first-order valence-corrected chi connectivity index (χ1v) is 5.66. The number of carbonyl (C=O) groups excluding carboxylic acids is 1. The van der Waals surface area contributed by atoms with E-state index >= 15 is 0 Å². The summed E-state index contributed by atoms with van der Waals surface area (Å²) >= 11 is 3.20. The third kappa shape index (κ3) is 3.67. The molecule has 1 rings (SSSR count). The van der Waals surface area contributed by atoms with Crippen LogP contribution < -0.4 is 5.32 Å². The quantitative estimate of drug-likeness (QED) is 0.835. The minimum Gasteiger partial charge on any atom is -0.467 e. The fraction of sp³-hybridized carbons (Fsp3) is 0.364. The second kappa shape index (κ2) is 5.46. The van der Waals surface area contributed by atoms with Crippen molar-refractivity contribution in [2.45, 2.75) is 12.5 Å². The fourth-order valence-electron chi connectivity index (χ4n) is 1.19. The number of rotatable bonds is 4. The van der Waals surface area contributed by atoms with E-state index in [1.807, 2.05) is 0 Å². The number of hydrogen-bond donors (Lipinski definition) is 2. The topological polar surface area (TPSA) is 58.6 Å². The molecule has 0 aliphatic carbocycles. The van der Waals surface area contributed by atoms with Crippen LogP contribution in [0.5, 0.6) is 0 Å². The van der Waals surface area contributed by atoms with Crippen LogP contribution in [0.25, 0.3) is 0 Å². The van der Waals surface area contributed by atoms with E-state index in [1.165, 1.54) is 26.2 Å². The first-order chi connectivity index (χ1) is 7.86. The maximum atomic E-state index is 13.3. The molecule has 94 valence electrons. The maximum Gasteiger partial charge on any atom is 0.339 e. The number of carbonyl (C=O) groups is 1. The zero-order valence-electron chi connectivity index (χ0n) is 9.46. The van der Waals surface area contributed by atoms with E-state index in [1.54, 1.807) is 6.07 Å². The highest BCUT2D eigenvalue weighted by Crippen LogP contribution is 2.20. The molecule has 0 saturated heterocycles. The number of nitrogens with one attached hydrogen (secondary N) is 1. The lowest BCUT2D eigenvalue weighted by molar-refractivity contribution is -0.158. The van der Waals surface area contributed by atoms with Gasteiger partial charge < -0.3 is 15.2 Å². The fourth-order valence-corrected chi connectivity index (χ4v) is 1.55. The molecule has 0 fully saturated rings. The van der Waals surface area contributed by atoms with Crippen LogP contribution in [0.15, 0.2) is 22.7 Å². The van der Waals surface area contributed by atoms with E-state index in [9.17, 15) is 14.3 Å². The molecular formula is C11H13BrFNO3. The van der Waals surface area contributed by atoms with E-state index < -0.39 is 17.4 Å². The van der Waals surface area contributed by atoms with Gasteiger partial charge in [0.15, 0.2) is 5.60 Å². The standard InChI is InChI=1S/C11H13BrFNO3/c1-11(16,10(15)17-2)6-14-9-5-7(12)3-4-8(9)13/h3-5,14,16H,6H2,1-2H3. The molecule has 0 bridgehead atoms. The summed E-state index contributed by atoms with van der Waals surface area (Å²) in [6.45, 7) is 1.15. The molecule has 6 heteroatoms. The molecule has 0 aromatic heterocycles. The van der Waals surface area contributed by atoms with Gasteiger partial charge in [0.05, 0.1) is 19.3 Å². The largest absolute Gasteiger partial charge is 0.467 e. The van der Waals surface area contributed by atoms with Crippen molar-refractivity contribution in [3.05, 3.63) is 28.5 Å². The minimum absolute atomic E-state index is 0.146. The molecule has 1 aromatic carbocycles. The number of halogens is 2. The lowest BCUT2D eigenvalue weighted by Crippen LogP contribution is -2.42. The Bertz CT molecular complexity index is 423. The molecule has 0 amide bonds. The molecule has 0 aliphatic heterocycles. The molecule has 0 saturated carbocycles. The summed E-state index contributed by atoms with van der Waals surface area (Å²) in [4.78, 5) is 11.2. The van der Waals surface area contributed by atoms with Crippen molar-refractivity contribution in [2.75, 3.05) is 19.0 Å². The van der Waals surface area contributed by atoms with E-state index in [0.29, 0.717) is 4.47 Å². The highest BCUT2D eigenvalue weighted by molar-refractivity contribution is 9.10. The highest BCUT2D eigenvalue weighted by atomic mass is 79.9. The van der Waals surface area contributed by atoms with Crippen LogP contribution in [0.4, 0.5) is 10.1 Å². The monoisotopic (exact) mass is 305 g/mol. The third-order valence-electron chi connectivity index (χ3n) is 2.18. The Morgan fingerprint density at radius 2 is 2.29 bits per heavy atom. The van der Waals surface area contributed by atoms with Gasteiger partial charge >= 0.3 is 5.97 Å². The predicted octanol–water partition coefficient (Wildman–Crippen LogP) is 1.92. The van der Waals surface area contributed by atoms with Crippen molar-refractivity contribution in [1.29, 1.82) is 0 Å². The van der Waals surface area contributed by atoms with E-state index in [-0.39, 0.29) is 12.2 Å². The van der Waals surface area contributed by atoms with Crippen molar-refractivity contribution < 1.29 is 19.0 Å². The summed E-state index contributed by atoms with van der Waals surface area (Å²) in [6.07, 6.45) is 0. The van der Waals surface area contributed by atoms with Crippen molar-refractivity contribution in [3.8, 4) is 0 Å². The number of methoxy groups -OCH3 is 1. The average molecular weight is 306 g/mol. The van der Waals surface area contributed by atoms with E-state index in [4.69, 9.17) is 0 Å². The summed E-state index contributed by atoms with van der Waals surface area (Å²) in [7, 11) is 1.18. The summed E-state index contributed by atoms with van der Waals surface area (Å²) in [6, 6.07) is 4.35. The van der Waals surface area contributed by atoms with Gasteiger partial charge in [0.1, 0.15) is 5.82 Å². The van der Waals surface area contributed by atoms with E-state index in [0.717, 1.165) is 0 Å². The average Bonchev–Trinajstić information content (AvgIpc) is 2.29. The lowest BCUT2D eigenvalue weighted by atomic mass is 10.1. The molecule has 1 unspecified atom stereocenters. The Kier molecular flexibility index (Phi) is 4.47. The first kappa shape index (κ1) is 13.9. The van der Waals surface area contributed by atoms with Crippen LogP contribution in [-0.2, 0) is 9.53 Å². The van der Waals surface area contributed by atoms with Crippen molar-refractivity contribution in [1.82, 2.24) is 0 Å². The SMILES string of the molecule is COC(=O)C(C)(O)CNc1cc(Br)ccc1F. The number of hydrogen-bond acceptors (Lipinski definition) is 4. The number of esters is 1. The smallest absolute Gasteiger partial charge is 0.339 e. The zero-order chi connectivity index (χ0) is 13.1. The summed E-state index contributed by atoms with van der Waals surface area (Å²) in [5.41, 5.74) is -1.51. The number of ether oxygens (including phenoxy) is 1. The molecule has 17 heavy (non-hydrogen) atoms. The van der Waals surface area contributed by atoms with Gasteiger partial charge in [0.2, 0.25) is 0 Å². The Labute approximate surface area is 107 Å². The highest BCUT2D eigenvalue weighted by Gasteiger charge is 2.31. The van der Waals surface area contributed by atoms with Gasteiger partial charge in [-0.2, -0.15) is 0 Å². The normalized spacial score (nSPS) is 13.9. The van der Waals surface area contributed by atoms with Crippen LogP contribution in [0, 0.1) is 5.82 Å². The van der Waals surface area contributed by atoms with Gasteiger partial charge in [-0.15, -0.1) is 0 Å². The molecule has 0 radical (unpaired) electrons. The van der Waals surface area contributed by atoms with Gasteiger partial charge in [0, 0.05) is 4.47 Å². The molecule has 0 spiro atoms. The number of aliphatic hydroxyl groups is 1. The van der Waals surface area contributed by atoms with E-state index in [2.05, 4.69) is 26.0 Å². The van der Waals surface area contributed by atoms with Crippen LogP contribution in [-0.4, -0.2) is 30.3 Å². The molecule has 4 nitrogen and oxygen atoms in total. The van der Waals surface area contributed by atoms with Crippen LogP contribution in [0.2, 0.25) is 0 Å². The van der Waals surface area contributed by atoms with Gasteiger partial charge in [-0.1, -0.05) is 15.9 Å². The van der Waals surface area contributed by atoms with Gasteiger partial charge in [-0.25, -0.2) is 9.18 Å². The van der Waals surface area contributed by atoms with Crippen molar-refractivity contribution >= 4 is 27.6 Å².